The van der Waals surface area contributed by atoms with Gasteiger partial charge in [-0.25, -0.2) is 4.98 Å². The summed E-state index contributed by atoms with van der Waals surface area (Å²) in [7, 11) is 2.12. The van der Waals surface area contributed by atoms with Crippen molar-refractivity contribution in [3.63, 3.8) is 0 Å². The number of carbonyl (C=O) groups is 1. The van der Waals surface area contributed by atoms with Crippen LogP contribution in [0.5, 0.6) is 5.75 Å². The van der Waals surface area contributed by atoms with Gasteiger partial charge in [0.15, 0.2) is 11.6 Å². The highest BCUT2D eigenvalue weighted by Gasteiger charge is 2.16. The monoisotopic (exact) mass is 438 g/mol. The molecule has 0 bridgehead atoms. The number of nitrogens with one attached hydrogen (secondary N) is 1. The van der Waals surface area contributed by atoms with Crippen LogP contribution in [0.2, 0.25) is 0 Å². The van der Waals surface area contributed by atoms with E-state index in [9.17, 15) is 4.79 Å². The molecule has 32 heavy (non-hydrogen) atoms. The number of nitrogen functional groups attached to an aromatic ring is 1. The number of rotatable bonds is 8. The number of hydrogen-bond acceptors (Lipinski definition) is 9. The van der Waals surface area contributed by atoms with Crippen LogP contribution in [0.3, 0.4) is 0 Å². The van der Waals surface area contributed by atoms with Crippen molar-refractivity contribution in [2.45, 2.75) is 13.0 Å². The smallest absolute Gasteiger partial charge is 0.242 e. The van der Waals surface area contributed by atoms with Gasteiger partial charge in [-0.05, 0) is 38.2 Å². The molecule has 10 heteroatoms. The van der Waals surface area contributed by atoms with Crippen molar-refractivity contribution in [1.82, 2.24) is 14.8 Å². The zero-order chi connectivity index (χ0) is 23.1. The van der Waals surface area contributed by atoms with Crippen LogP contribution in [0.15, 0.2) is 59.0 Å². The average Bonchev–Trinajstić information content (AvgIpc) is 2.75. The van der Waals surface area contributed by atoms with Gasteiger partial charge in [0.25, 0.3) is 0 Å². The van der Waals surface area contributed by atoms with E-state index in [2.05, 4.69) is 44.0 Å². The summed E-state index contributed by atoms with van der Waals surface area (Å²) < 4.78 is 5.97. The highest BCUT2D eigenvalue weighted by atomic mass is 16.5. The van der Waals surface area contributed by atoms with E-state index in [0.29, 0.717) is 35.2 Å². The Hall–Kier alpha value is -3.34. The lowest BCUT2D eigenvalue weighted by atomic mass is 10.3. The minimum Gasteiger partial charge on any atom is -0.459 e. The third-order valence-electron chi connectivity index (χ3n) is 4.95. The Balaban J connectivity index is 1.65. The standard InChI is InChI=1S/C22H30N8O2/c1-15(14-30-12-10-29(3)11-13-30)32-19-7-5-4-6-17(19)27-28-18-8-9-20(25-21(18)24)26-22(31)16(2)23/h4-9,16H,1,10-14,23H2,2-3H3,(H3,24,25,26,31)/t16-/m0/s1. The van der Waals surface area contributed by atoms with E-state index in [1.807, 2.05) is 18.2 Å². The van der Waals surface area contributed by atoms with E-state index < -0.39 is 6.04 Å². The molecule has 1 atom stereocenters. The van der Waals surface area contributed by atoms with Gasteiger partial charge < -0.3 is 26.4 Å². The lowest BCUT2D eigenvalue weighted by molar-refractivity contribution is -0.117. The number of hydrogen-bond donors (Lipinski definition) is 3. The van der Waals surface area contributed by atoms with Crippen LogP contribution in [-0.4, -0.2) is 66.5 Å². The first-order chi connectivity index (χ1) is 15.3. The molecule has 0 saturated carbocycles. The molecule has 1 saturated heterocycles. The van der Waals surface area contributed by atoms with E-state index in [4.69, 9.17) is 16.2 Å². The van der Waals surface area contributed by atoms with Gasteiger partial charge in [-0.3, -0.25) is 9.69 Å². The number of nitrogens with zero attached hydrogens (tertiary/aromatic N) is 5. The molecule has 170 valence electrons. The molecule has 0 radical (unpaired) electrons. The van der Waals surface area contributed by atoms with Crippen molar-refractivity contribution in [2.24, 2.45) is 16.0 Å². The molecule has 0 aliphatic carbocycles. The van der Waals surface area contributed by atoms with Gasteiger partial charge in [0.1, 0.15) is 23.0 Å². The van der Waals surface area contributed by atoms with Crippen LogP contribution in [0.25, 0.3) is 0 Å². The highest BCUT2D eigenvalue weighted by molar-refractivity contribution is 5.93. The number of para-hydroxylation sites is 1. The van der Waals surface area contributed by atoms with Gasteiger partial charge in [0.05, 0.1) is 12.6 Å². The summed E-state index contributed by atoms with van der Waals surface area (Å²) in [5.41, 5.74) is 12.4. The second-order valence-corrected chi connectivity index (χ2v) is 7.77. The van der Waals surface area contributed by atoms with Crippen molar-refractivity contribution in [2.75, 3.05) is 50.8 Å². The van der Waals surface area contributed by atoms with Crippen LogP contribution in [0.4, 0.5) is 23.0 Å². The molecule has 1 aromatic carbocycles. The van der Waals surface area contributed by atoms with Crippen LogP contribution >= 0.6 is 0 Å². The van der Waals surface area contributed by atoms with Gasteiger partial charge in [-0.2, -0.15) is 0 Å². The summed E-state index contributed by atoms with van der Waals surface area (Å²) >= 11 is 0. The zero-order valence-electron chi connectivity index (χ0n) is 18.5. The number of amides is 1. The Morgan fingerprint density at radius 2 is 1.88 bits per heavy atom. The number of nitrogens with two attached hydrogens (primary N) is 2. The van der Waals surface area contributed by atoms with Crippen molar-refractivity contribution in [3.8, 4) is 5.75 Å². The number of likely N-dealkylation sites (N-methyl/N-ethyl adjacent to an activating group) is 1. The maximum absolute atomic E-state index is 11.7. The fourth-order valence-corrected chi connectivity index (χ4v) is 3.04. The maximum Gasteiger partial charge on any atom is 0.242 e. The maximum atomic E-state index is 11.7. The van der Waals surface area contributed by atoms with Gasteiger partial charge in [-0.15, -0.1) is 10.2 Å². The molecule has 0 spiro atoms. The quantitative estimate of drug-likeness (QED) is 0.426. The third kappa shape index (κ3) is 6.58. The molecule has 2 heterocycles. The molecular formula is C22H30N8O2. The van der Waals surface area contributed by atoms with Crippen molar-refractivity contribution < 1.29 is 9.53 Å². The highest BCUT2D eigenvalue weighted by Crippen LogP contribution is 2.31. The first-order valence-electron chi connectivity index (χ1n) is 10.4. The summed E-state index contributed by atoms with van der Waals surface area (Å²) in [6.07, 6.45) is 0. The number of azo groups is 1. The van der Waals surface area contributed by atoms with E-state index in [0.717, 1.165) is 26.2 Å². The number of aromatic nitrogens is 1. The largest absolute Gasteiger partial charge is 0.459 e. The van der Waals surface area contributed by atoms with Crippen LogP contribution in [0, 0.1) is 0 Å². The summed E-state index contributed by atoms with van der Waals surface area (Å²) in [5, 5.41) is 11.1. The summed E-state index contributed by atoms with van der Waals surface area (Å²) in [4.78, 5) is 20.4. The Morgan fingerprint density at radius 3 is 2.56 bits per heavy atom. The first kappa shape index (κ1) is 23.3. The van der Waals surface area contributed by atoms with Crippen molar-refractivity contribution in [1.29, 1.82) is 0 Å². The summed E-state index contributed by atoms with van der Waals surface area (Å²) in [6.45, 7) is 10.3. The van der Waals surface area contributed by atoms with Crippen LogP contribution in [-0.2, 0) is 4.79 Å². The number of piperazine rings is 1. The molecule has 1 amide bonds. The summed E-state index contributed by atoms with van der Waals surface area (Å²) in [6, 6.07) is 9.88. The SMILES string of the molecule is C=C(CN1CCN(C)CC1)Oc1ccccc1N=Nc1ccc(NC(=O)[C@H](C)N)nc1N. The zero-order valence-corrected chi connectivity index (χ0v) is 18.5. The molecule has 10 nitrogen and oxygen atoms in total. The number of anilines is 2. The molecular weight excluding hydrogens is 408 g/mol. The molecule has 5 N–H and O–H groups in total. The van der Waals surface area contributed by atoms with E-state index in [1.165, 1.54) is 0 Å². The predicted molar refractivity (Wildman–Crippen MR) is 125 cm³/mol. The second kappa shape index (κ2) is 10.8. The van der Waals surface area contributed by atoms with Crippen LogP contribution < -0.4 is 21.5 Å². The molecule has 2 aromatic rings. The minimum absolute atomic E-state index is 0.133. The number of ether oxygens (including phenoxy) is 1. The normalized spacial score (nSPS) is 16.1. The van der Waals surface area contributed by atoms with Gasteiger partial charge in [0.2, 0.25) is 5.91 Å². The van der Waals surface area contributed by atoms with Gasteiger partial charge >= 0.3 is 0 Å². The topological polar surface area (TPSA) is 134 Å². The predicted octanol–water partition coefficient (Wildman–Crippen LogP) is 2.50. The Kier molecular flexibility index (Phi) is 7.87. The third-order valence-corrected chi connectivity index (χ3v) is 4.95. The molecule has 3 rings (SSSR count). The number of carbonyl (C=O) groups excluding carboxylic acids is 1. The Bertz CT molecular complexity index is 984. The lowest BCUT2D eigenvalue weighted by Crippen LogP contribution is -2.45. The van der Waals surface area contributed by atoms with E-state index in [1.54, 1.807) is 25.1 Å². The van der Waals surface area contributed by atoms with E-state index in [-0.39, 0.29) is 11.7 Å². The molecule has 1 aliphatic heterocycles. The second-order valence-electron chi connectivity index (χ2n) is 7.77. The number of benzene rings is 1. The summed E-state index contributed by atoms with van der Waals surface area (Å²) in [5.74, 6) is 1.28. The van der Waals surface area contributed by atoms with Crippen molar-refractivity contribution in [3.05, 3.63) is 48.7 Å². The fraction of sp³-hybridized carbons (Fsp3) is 0.364. The van der Waals surface area contributed by atoms with E-state index >= 15 is 0 Å². The molecule has 1 aliphatic rings. The average molecular weight is 439 g/mol. The molecule has 0 unspecified atom stereocenters. The van der Waals surface area contributed by atoms with Gasteiger partial charge in [0, 0.05) is 26.2 Å². The first-order valence-corrected chi connectivity index (χ1v) is 10.4. The Labute approximate surface area is 187 Å². The molecule has 1 aromatic heterocycles. The fourth-order valence-electron chi connectivity index (χ4n) is 3.04. The Morgan fingerprint density at radius 1 is 1.19 bits per heavy atom. The van der Waals surface area contributed by atoms with Crippen LogP contribution in [0.1, 0.15) is 6.92 Å². The van der Waals surface area contributed by atoms with Crippen molar-refractivity contribution >= 4 is 28.9 Å². The van der Waals surface area contributed by atoms with Gasteiger partial charge in [-0.1, -0.05) is 18.7 Å². The lowest BCUT2D eigenvalue weighted by Gasteiger charge is -2.32. The minimum atomic E-state index is -0.653. The molecule has 1 fully saturated rings. The number of pyridine rings is 1.